The molecule has 0 radical (unpaired) electrons. The molecule has 2 aliphatic heterocycles. The van der Waals surface area contributed by atoms with Crippen molar-refractivity contribution in [2.45, 2.75) is 37.0 Å². The molecular weight excluding hydrogens is 366 g/mol. The second kappa shape index (κ2) is 7.94. The Kier molecular flexibility index (Phi) is 5.81. The summed E-state index contributed by atoms with van der Waals surface area (Å²) in [6.07, 6.45) is -9.18. The number of rotatable bonds is 5. The van der Waals surface area contributed by atoms with E-state index in [9.17, 15) is 25.2 Å². The number of aliphatic hydroxyl groups is 4. The second-order valence-electron chi connectivity index (χ2n) is 5.93. The Labute approximate surface area is 154 Å². The summed E-state index contributed by atoms with van der Waals surface area (Å²) in [5.41, 5.74) is 0.317. The van der Waals surface area contributed by atoms with Crippen molar-refractivity contribution in [3.63, 3.8) is 0 Å². The van der Waals surface area contributed by atoms with Gasteiger partial charge < -0.3 is 39.4 Å². The van der Waals surface area contributed by atoms with Crippen LogP contribution in [0.25, 0.3) is 0 Å². The van der Waals surface area contributed by atoms with Crippen molar-refractivity contribution >= 4 is 11.6 Å². The maximum absolute atomic E-state index is 12.6. The number of methoxy groups -OCH3 is 1. The Hall–Kier alpha value is -1.99. The Morgan fingerprint density at radius 3 is 2.52 bits per heavy atom. The van der Waals surface area contributed by atoms with Crippen molar-refractivity contribution < 1.29 is 49.0 Å². The molecule has 11 nitrogen and oxygen atoms in total. The molecule has 0 bridgehead atoms. The van der Waals surface area contributed by atoms with Crippen molar-refractivity contribution in [3.8, 4) is 11.5 Å². The number of ether oxygens (including phenoxy) is 4. The van der Waals surface area contributed by atoms with Gasteiger partial charge in [-0.25, -0.2) is 0 Å². The molecule has 6 atom stereocenters. The van der Waals surface area contributed by atoms with E-state index < -0.39 is 49.5 Å². The molecule has 2 aliphatic rings. The summed E-state index contributed by atoms with van der Waals surface area (Å²) in [6.45, 7) is -0.630. The van der Waals surface area contributed by atoms with Gasteiger partial charge in [0, 0.05) is 6.07 Å². The molecule has 1 aromatic rings. The van der Waals surface area contributed by atoms with Gasteiger partial charge in [-0.2, -0.15) is 5.06 Å². The number of hydroxylamine groups is 1. The monoisotopic (exact) mass is 387 g/mol. The molecule has 1 amide bonds. The summed E-state index contributed by atoms with van der Waals surface area (Å²) in [6, 6.07) is 4.68. The highest BCUT2D eigenvalue weighted by Gasteiger charge is 2.47. The quantitative estimate of drug-likeness (QED) is 0.453. The maximum Gasteiger partial charge on any atom is 0.320 e. The van der Waals surface area contributed by atoms with Crippen molar-refractivity contribution in [1.29, 1.82) is 0 Å². The van der Waals surface area contributed by atoms with E-state index in [1.807, 2.05) is 0 Å². The zero-order chi connectivity index (χ0) is 19.7. The van der Waals surface area contributed by atoms with E-state index in [0.29, 0.717) is 11.4 Å². The number of carbonyl (C=O) groups is 1. The highest BCUT2D eigenvalue weighted by atomic mass is 16.8. The van der Waals surface area contributed by atoms with Crippen LogP contribution in [-0.4, -0.2) is 84.2 Å². The highest BCUT2D eigenvalue weighted by Crippen LogP contribution is 2.38. The molecule has 0 aliphatic carbocycles. The van der Waals surface area contributed by atoms with Gasteiger partial charge in [0.05, 0.1) is 20.8 Å². The standard InChI is InChI=1S/C16H21NO10/c1-23-7-3-4-8-9(5-7)25-16(14(22)17(8)24-2)27-15-13(21)12(20)11(19)10(6-18)26-15/h3-5,10-13,15-16,18-21H,6H2,1-2H3/t10-,11-,12+,13-,15+,16+/m1/s1. The maximum atomic E-state index is 12.6. The Bertz CT molecular complexity index is 683. The predicted molar refractivity (Wildman–Crippen MR) is 86.8 cm³/mol. The van der Waals surface area contributed by atoms with Crippen LogP contribution in [0.3, 0.4) is 0 Å². The van der Waals surface area contributed by atoms with E-state index in [4.69, 9.17) is 23.8 Å². The molecule has 2 heterocycles. The van der Waals surface area contributed by atoms with Crippen LogP contribution in [0.5, 0.6) is 11.5 Å². The van der Waals surface area contributed by atoms with Crippen molar-refractivity contribution in [2.24, 2.45) is 0 Å². The first-order chi connectivity index (χ1) is 12.9. The summed E-state index contributed by atoms with van der Waals surface area (Å²) in [5, 5.41) is 39.9. The van der Waals surface area contributed by atoms with Crippen LogP contribution in [0.15, 0.2) is 18.2 Å². The summed E-state index contributed by atoms with van der Waals surface area (Å²) in [4.78, 5) is 17.7. The number of benzene rings is 1. The fraction of sp³-hybridized carbons (Fsp3) is 0.562. The summed E-state index contributed by atoms with van der Waals surface area (Å²) in [7, 11) is 2.74. The van der Waals surface area contributed by atoms with Crippen LogP contribution < -0.4 is 14.5 Å². The average Bonchev–Trinajstić information content (AvgIpc) is 2.68. The van der Waals surface area contributed by atoms with Gasteiger partial charge >= 0.3 is 5.91 Å². The van der Waals surface area contributed by atoms with Crippen LogP contribution >= 0.6 is 0 Å². The largest absolute Gasteiger partial charge is 0.497 e. The van der Waals surface area contributed by atoms with Gasteiger partial charge in [0.1, 0.15) is 35.9 Å². The van der Waals surface area contributed by atoms with E-state index in [-0.39, 0.29) is 5.75 Å². The first kappa shape index (κ1) is 19.8. The number of fused-ring (bicyclic) bond motifs is 1. The van der Waals surface area contributed by atoms with E-state index in [1.54, 1.807) is 12.1 Å². The van der Waals surface area contributed by atoms with Gasteiger partial charge in [-0.05, 0) is 12.1 Å². The third-order valence-electron chi connectivity index (χ3n) is 4.31. The second-order valence-corrected chi connectivity index (χ2v) is 5.93. The number of carbonyl (C=O) groups excluding carboxylic acids is 1. The number of anilines is 1. The molecule has 1 fully saturated rings. The molecule has 3 rings (SSSR count). The topological polar surface area (TPSA) is 147 Å². The van der Waals surface area contributed by atoms with Crippen molar-refractivity contribution in [3.05, 3.63) is 18.2 Å². The van der Waals surface area contributed by atoms with Crippen molar-refractivity contribution in [1.82, 2.24) is 0 Å². The van der Waals surface area contributed by atoms with Gasteiger partial charge in [-0.1, -0.05) is 0 Å². The molecule has 11 heteroatoms. The van der Waals surface area contributed by atoms with Crippen LogP contribution in [0.1, 0.15) is 0 Å². The molecule has 150 valence electrons. The minimum atomic E-state index is -1.68. The minimum Gasteiger partial charge on any atom is -0.497 e. The number of hydrogen-bond acceptors (Lipinski definition) is 10. The van der Waals surface area contributed by atoms with Crippen LogP contribution in [0, 0.1) is 0 Å². The summed E-state index contributed by atoms with van der Waals surface area (Å²) < 4.78 is 21.3. The third-order valence-corrected chi connectivity index (χ3v) is 4.31. The minimum absolute atomic E-state index is 0.213. The van der Waals surface area contributed by atoms with Crippen LogP contribution in [0.4, 0.5) is 5.69 Å². The summed E-state index contributed by atoms with van der Waals surface area (Å²) in [5.74, 6) is -0.0664. The number of amides is 1. The molecule has 1 aromatic carbocycles. The molecule has 1 saturated heterocycles. The van der Waals surface area contributed by atoms with E-state index in [0.717, 1.165) is 5.06 Å². The van der Waals surface area contributed by atoms with Crippen LogP contribution in [-0.2, 0) is 19.1 Å². The zero-order valence-corrected chi connectivity index (χ0v) is 14.6. The lowest BCUT2D eigenvalue weighted by molar-refractivity contribution is -0.323. The number of hydrogen-bond donors (Lipinski definition) is 4. The highest BCUT2D eigenvalue weighted by molar-refractivity contribution is 5.97. The lowest BCUT2D eigenvalue weighted by Crippen LogP contribution is -2.61. The van der Waals surface area contributed by atoms with Gasteiger partial charge in [0.15, 0.2) is 12.0 Å². The normalized spacial score (nSPS) is 33.4. The Morgan fingerprint density at radius 1 is 1.15 bits per heavy atom. The lowest BCUT2D eigenvalue weighted by atomic mass is 9.99. The Balaban J connectivity index is 1.83. The average molecular weight is 387 g/mol. The third kappa shape index (κ3) is 3.58. The predicted octanol–water partition coefficient (Wildman–Crippen LogP) is -1.88. The lowest BCUT2D eigenvalue weighted by Gasteiger charge is -2.41. The smallest absolute Gasteiger partial charge is 0.320 e. The Morgan fingerprint density at radius 2 is 1.89 bits per heavy atom. The van der Waals surface area contributed by atoms with Crippen molar-refractivity contribution in [2.75, 3.05) is 25.9 Å². The van der Waals surface area contributed by atoms with Gasteiger partial charge in [0.25, 0.3) is 6.29 Å². The van der Waals surface area contributed by atoms with Gasteiger partial charge in [-0.15, -0.1) is 0 Å². The molecule has 0 spiro atoms. The fourth-order valence-corrected chi connectivity index (χ4v) is 2.84. The van der Waals surface area contributed by atoms with E-state index in [1.165, 1.54) is 20.3 Å². The zero-order valence-electron chi connectivity index (χ0n) is 14.6. The number of aliphatic hydroxyl groups excluding tert-OH is 4. The molecule has 0 aromatic heterocycles. The SMILES string of the molecule is COc1ccc2c(c1)O[C@@H](O[C@@H]1O[C@H](CO)[C@@H](O)[C@H](O)[C@H]1O)C(=O)N2OC. The molecule has 4 N–H and O–H groups in total. The molecular formula is C16H21NO10. The first-order valence-corrected chi connectivity index (χ1v) is 8.10. The van der Waals surface area contributed by atoms with Gasteiger partial charge in [-0.3, -0.25) is 9.63 Å². The number of nitrogens with zero attached hydrogens (tertiary/aromatic N) is 1. The molecule has 0 saturated carbocycles. The first-order valence-electron chi connectivity index (χ1n) is 8.10. The molecule has 27 heavy (non-hydrogen) atoms. The molecule has 0 unspecified atom stereocenters. The summed E-state index contributed by atoms with van der Waals surface area (Å²) >= 11 is 0. The van der Waals surface area contributed by atoms with E-state index >= 15 is 0 Å². The van der Waals surface area contributed by atoms with E-state index in [2.05, 4.69) is 0 Å². The van der Waals surface area contributed by atoms with Crippen LogP contribution in [0.2, 0.25) is 0 Å². The fourth-order valence-electron chi connectivity index (χ4n) is 2.84. The van der Waals surface area contributed by atoms with Gasteiger partial charge in [0.2, 0.25) is 0 Å².